The molecule has 1 heterocycles. The standard InChI is InChI=1S/C18H21N3O4/c1-11(16(24)20-13-6-4-12(5-7-13)15(19)23)21-14(22)10-18(17(21)25)8-2-3-9-18/h4-7,11H,2-3,8-10H2,1H3,(H2,19,23)(H,20,24)/t11-/m1/s1. The zero-order chi connectivity index (χ0) is 18.2. The average molecular weight is 343 g/mol. The maximum Gasteiger partial charge on any atom is 0.248 e. The van der Waals surface area contributed by atoms with Gasteiger partial charge in [-0.15, -0.1) is 0 Å². The third-order valence-electron chi connectivity index (χ3n) is 5.20. The molecular weight excluding hydrogens is 322 g/mol. The van der Waals surface area contributed by atoms with Gasteiger partial charge in [0.1, 0.15) is 6.04 Å². The van der Waals surface area contributed by atoms with E-state index >= 15 is 0 Å². The van der Waals surface area contributed by atoms with Crippen molar-refractivity contribution < 1.29 is 19.2 Å². The number of carbonyl (C=O) groups is 4. The lowest BCUT2D eigenvalue weighted by Crippen LogP contribution is -2.46. The molecule has 25 heavy (non-hydrogen) atoms. The summed E-state index contributed by atoms with van der Waals surface area (Å²) in [6, 6.07) is 5.23. The van der Waals surface area contributed by atoms with Crippen molar-refractivity contribution in [2.45, 2.75) is 45.1 Å². The van der Waals surface area contributed by atoms with Crippen LogP contribution in [0.1, 0.15) is 49.4 Å². The van der Waals surface area contributed by atoms with Crippen LogP contribution in [0.4, 0.5) is 5.69 Å². The third-order valence-corrected chi connectivity index (χ3v) is 5.20. The molecule has 2 fully saturated rings. The Hall–Kier alpha value is -2.70. The number of carbonyl (C=O) groups excluding carboxylic acids is 4. The Bertz CT molecular complexity index is 735. The summed E-state index contributed by atoms with van der Waals surface area (Å²) < 4.78 is 0. The van der Waals surface area contributed by atoms with Gasteiger partial charge in [-0.2, -0.15) is 0 Å². The molecule has 4 amide bonds. The highest BCUT2D eigenvalue weighted by molar-refractivity contribution is 6.10. The SMILES string of the molecule is C[C@H](C(=O)Nc1ccc(C(N)=O)cc1)N1C(=O)CC2(CCCC2)C1=O. The number of nitrogens with two attached hydrogens (primary N) is 1. The van der Waals surface area contributed by atoms with E-state index in [9.17, 15) is 19.2 Å². The zero-order valence-corrected chi connectivity index (χ0v) is 14.1. The molecule has 1 saturated heterocycles. The Morgan fingerprint density at radius 1 is 1.16 bits per heavy atom. The minimum absolute atomic E-state index is 0.205. The topological polar surface area (TPSA) is 110 Å². The maximum atomic E-state index is 12.7. The molecule has 1 spiro atoms. The van der Waals surface area contributed by atoms with Crippen molar-refractivity contribution in [3.8, 4) is 0 Å². The summed E-state index contributed by atoms with van der Waals surface area (Å²) in [4.78, 5) is 49.7. The predicted molar refractivity (Wildman–Crippen MR) is 90.4 cm³/mol. The van der Waals surface area contributed by atoms with Crippen molar-refractivity contribution in [1.29, 1.82) is 0 Å². The molecule has 0 aromatic heterocycles. The van der Waals surface area contributed by atoms with Gasteiger partial charge >= 0.3 is 0 Å². The monoisotopic (exact) mass is 343 g/mol. The number of anilines is 1. The molecule has 7 heteroatoms. The first-order chi connectivity index (χ1) is 11.8. The van der Waals surface area contributed by atoms with Gasteiger partial charge in [0.25, 0.3) is 0 Å². The van der Waals surface area contributed by atoms with Crippen LogP contribution in [0, 0.1) is 5.41 Å². The van der Waals surface area contributed by atoms with Gasteiger partial charge in [-0.1, -0.05) is 12.8 Å². The van der Waals surface area contributed by atoms with E-state index in [0.717, 1.165) is 30.6 Å². The van der Waals surface area contributed by atoms with Gasteiger partial charge in [-0.25, -0.2) is 0 Å². The Morgan fingerprint density at radius 3 is 2.32 bits per heavy atom. The van der Waals surface area contributed by atoms with E-state index in [1.807, 2.05) is 0 Å². The summed E-state index contributed by atoms with van der Waals surface area (Å²) in [6.07, 6.45) is 3.53. The molecular formula is C18H21N3O4. The van der Waals surface area contributed by atoms with E-state index in [4.69, 9.17) is 5.73 Å². The molecule has 1 aliphatic heterocycles. The van der Waals surface area contributed by atoms with E-state index < -0.39 is 23.3 Å². The number of benzene rings is 1. The van der Waals surface area contributed by atoms with Crippen molar-refractivity contribution >= 4 is 29.3 Å². The van der Waals surface area contributed by atoms with Gasteiger partial charge in [0, 0.05) is 17.7 Å². The fourth-order valence-corrected chi connectivity index (χ4v) is 3.74. The number of amides is 4. The highest BCUT2D eigenvalue weighted by Crippen LogP contribution is 2.47. The number of primary amides is 1. The average Bonchev–Trinajstić information content (AvgIpc) is 3.13. The first-order valence-corrected chi connectivity index (χ1v) is 8.41. The minimum atomic E-state index is -0.879. The molecule has 0 unspecified atom stereocenters. The predicted octanol–water partition coefficient (Wildman–Crippen LogP) is 1.43. The van der Waals surface area contributed by atoms with Crippen LogP contribution in [-0.4, -0.2) is 34.6 Å². The second-order valence-corrected chi connectivity index (χ2v) is 6.84. The largest absolute Gasteiger partial charge is 0.366 e. The molecule has 3 rings (SSSR count). The summed E-state index contributed by atoms with van der Waals surface area (Å²) in [5, 5.41) is 2.67. The third kappa shape index (κ3) is 3.01. The summed E-state index contributed by atoms with van der Waals surface area (Å²) in [5.41, 5.74) is 5.39. The molecule has 2 aliphatic rings. The summed E-state index contributed by atoms with van der Waals surface area (Å²) in [5.74, 6) is -1.50. The van der Waals surface area contributed by atoms with Crippen molar-refractivity contribution in [1.82, 2.24) is 4.90 Å². The first-order valence-electron chi connectivity index (χ1n) is 8.41. The Labute approximate surface area is 145 Å². The number of nitrogens with one attached hydrogen (secondary N) is 1. The normalized spacial score (nSPS) is 20.1. The second kappa shape index (κ2) is 6.31. The van der Waals surface area contributed by atoms with Crippen LogP contribution >= 0.6 is 0 Å². The van der Waals surface area contributed by atoms with Gasteiger partial charge in [-0.05, 0) is 44.0 Å². The van der Waals surface area contributed by atoms with Gasteiger partial charge < -0.3 is 11.1 Å². The van der Waals surface area contributed by atoms with E-state index in [1.165, 1.54) is 12.1 Å². The molecule has 0 radical (unpaired) electrons. The molecule has 132 valence electrons. The van der Waals surface area contributed by atoms with E-state index in [0.29, 0.717) is 11.3 Å². The van der Waals surface area contributed by atoms with E-state index in [2.05, 4.69) is 5.32 Å². The van der Waals surface area contributed by atoms with Gasteiger partial charge in [0.2, 0.25) is 23.6 Å². The second-order valence-electron chi connectivity index (χ2n) is 6.84. The lowest BCUT2D eigenvalue weighted by Gasteiger charge is -2.25. The maximum absolute atomic E-state index is 12.7. The quantitative estimate of drug-likeness (QED) is 0.806. The molecule has 1 aromatic carbocycles. The van der Waals surface area contributed by atoms with Crippen LogP contribution in [0.2, 0.25) is 0 Å². The molecule has 1 atom stereocenters. The number of imide groups is 1. The molecule has 3 N–H and O–H groups in total. The Balaban J connectivity index is 1.71. The van der Waals surface area contributed by atoms with Crippen molar-refractivity contribution in [3.05, 3.63) is 29.8 Å². The van der Waals surface area contributed by atoms with Crippen molar-refractivity contribution in [2.75, 3.05) is 5.32 Å². The molecule has 1 saturated carbocycles. The smallest absolute Gasteiger partial charge is 0.248 e. The summed E-state index contributed by atoms with van der Waals surface area (Å²) in [6.45, 7) is 1.55. The zero-order valence-electron chi connectivity index (χ0n) is 14.1. The van der Waals surface area contributed by atoms with Crippen LogP contribution in [0.15, 0.2) is 24.3 Å². The lowest BCUT2D eigenvalue weighted by molar-refractivity contribution is -0.147. The fourth-order valence-electron chi connectivity index (χ4n) is 3.74. The molecule has 1 aliphatic carbocycles. The lowest BCUT2D eigenvalue weighted by atomic mass is 9.84. The number of rotatable bonds is 4. The van der Waals surface area contributed by atoms with Crippen LogP contribution < -0.4 is 11.1 Å². The highest BCUT2D eigenvalue weighted by atomic mass is 16.2. The van der Waals surface area contributed by atoms with E-state index in [-0.39, 0.29) is 18.2 Å². The Morgan fingerprint density at radius 2 is 1.76 bits per heavy atom. The van der Waals surface area contributed by atoms with Crippen molar-refractivity contribution in [3.63, 3.8) is 0 Å². The van der Waals surface area contributed by atoms with Crippen LogP contribution in [-0.2, 0) is 14.4 Å². The minimum Gasteiger partial charge on any atom is -0.366 e. The molecule has 7 nitrogen and oxygen atoms in total. The summed E-state index contributed by atoms with van der Waals surface area (Å²) >= 11 is 0. The first kappa shape index (κ1) is 17.1. The van der Waals surface area contributed by atoms with Crippen LogP contribution in [0.25, 0.3) is 0 Å². The molecule has 0 bridgehead atoms. The Kier molecular flexibility index (Phi) is 4.32. The summed E-state index contributed by atoms with van der Waals surface area (Å²) in [7, 11) is 0. The van der Waals surface area contributed by atoms with Gasteiger partial charge in [-0.3, -0.25) is 24.1 Å². The number of hydrogen-bond donors (Lipinski definition) is 2. The number of likely N-dealkylation sites (tertiary alicyclic amines) is 1. The number of hydrogen-bond acceptors (Lipinski definition) is 4. The number of nitrogens with zero attached hydrogens (tertiary/aromatic N) is 1. The fraction of sp³-hybridized carbons (Fsp3) is 0.444. The van der Waals surface area contributed by atoms with Crippen molar-refractivity contribution in [2.24, 2.45) is 11.1 Å². The van der Waals surface area contributed by atoms with Gasteiger partial charge in [0.05, 0.1) is 5.41 Å². The van der Waals surface area contributed by atoms with Crippen LogP contribution in [0.5, 0.6) is 0 Å². The molecule has 1 aromatic rings. The van der Waals surface area contributed by atoms with E-state index in [1.54, 1.807) is 19.1 Å². The van der Waals surface area contributed by atoms with Crippen LogP contribution in [0.3, 0.4) is 0 Å². The van der Waals surface area contributed by atoms with Gasteiger partial charge in [0.15, 0.2) is 0 Å². The highest BCUT2D eigenvalue weighted by Gasteiger charge is 2.54.